The molecule has 1 amide bonds. The maximum atomic E-state index is 12.3. The van der Waals surface area contributed by atoms with E-state index in [0.29, 0.717) is 17.2 Å². The molecule has 2 N–H and O–H groups in total. The van der Waals surface area contributed by atoms with E-state index in [-0.39, 0.29) is 31.3 Å². The van der Waals surface area contributed by atoms with Crippen LogP contribution in [0.25, 0.3) is 11.1 Å². The van der Waals surface area contributed by atoms with Crippen molar-refractivity contribution in [3.05, 3.63) is 125 Å². The first-order valence-corrected chi connectivity index (χ1v) is 15.7. The van der Waals surface area contributed by atoms with E-state index in [1.54, 1.807) is 12.1 Å². The van der Waals surface area contributed by atoms with Gasteiger partial charge in [-0.3, -0.25) is 9.59 Å². The molecular formula is C35H36N2O7S. The van der Waals surface area contributed by atoms with Gasteiger partial charge in [0.1, 0.15) is 0 Å². The van der Waals surface area contributed by atoms with Crippen LogP contribution in [-0.2, 0) is 37.0 Å². The van der Waals surface area contributed by atoms with Gasteiger partial charge in [0.2, 0.25) is 0 Å². The molecule has 10 heteroatoms. The molecule has 2 heterocycles. The molecule has 0 spiro atoms. The average molecular weight is 629 g/mol. The summed E-state index contributed by atoms with van der Waals surface area (Å²) in [5.74, 6) is -0.302. The molecule has 1 aromatic heterocycles. The zero-order valence-corrected chi connectivity index (χ0v) is 25.9. The third kappa shape index (κ3) is 8.70. The molecule has 45 heavy (non-hydrogen) atoms. The zero-order valence-electron chi connectivity index (χ0n) is 25.1. The second kappa shape index (κ2) is 15.2. The van der Waals surface area contributed by atoms with Gasteiger partial charge in [-0.2, -0.15) is 4.73 Å². The van der Waals surface area contributed by atoms with Gasteiger partial charge in [-0.25, -0.2) is 0 Å². The van der Waals surface area contributed by atoms with Crippen molar-refractivity contribution in [3.63, 3.8) is 0 Å². The molecule has 234 valence electrons. The molecule has 4 atom stereocenters. The number of benzene rings is 3. The predicted octanol–water partition coefficient (Wildman–Crippen LogP) is 5.38. The fraction of sp³-hybridized carbons (Fsp3) is 0.286. The number of hydrogen-bond acceptors (Lipinski definition) is 8. The summed E-state index contributed by atoms with van der Waals surface area (Å²) in [5.41, 5.74) is 5.48. The number of carbonyl (C=O) groups is 2. The molecule has 0 unspecified atom stereocenters. The van der Waals surface area contributed by atoms with Crippen molar-refractivity contribution in [2.45, 2.75) is 63.0 Å². The Kier molecular flexibility index (Phi) is 10.9. The van der Waals surface area contributed by atoms with E-state index in [2.05, 4.69) is 5.32 Å². The molecule has 1 fully saturated rings. The number of ether oxygens (including phenoxy) is 3. The highest BCUT2D eigenvalue weighted by Crippen LogP contribution is 2.40. The van der Waals surface area contributed by atoms with E-state index in [1.165, 1.54) is 31.8 Å². The van der Waals surface area contributed by atoms with Gasteiger partial charge in [-0.1, -0.05) is 72.4 Å². The van der Waals surface area contributed by atoms with Crippen LogP contribution in [0, 0.1) is 5.21 Å². The summed E-state index contributed by atoms with van der Waals surface area (Å²) in [7, 11) is 0. The molecule has 0 saturated carbocycles. The Bertz CT molecular complexity index is 1610. The fourth-order valence-corrected chi connectivity index (χ4v) is 6.02. The van der Waals surface area contributed by atoms with Crippen LogP contribution in [0.4, 0.5) is 0 Å². The Morgan fingerprint density at radius 1 is 0.978 bits per heavy atom. The Morgan fingerprint density at radius 2 is 1.73 bits per heavy atom. The Labute approximate surface area is 266 Å². The number of nitrogens with zero attached hydrogens (tertiary/aromatic N) is 1. The molecule has 0 aliphatic carbocycles. The number of hydrogen-bond donors (Lipinski definition) is 2. The van der Waals surface area contributed by atoms with Gasteiger partial charge in [-0.15, -0.1) is 0 Å². The van der Waals surface area contributed by atoms with Crippen molar-refractivity contribution in [1.29, 1.82) is 0 Å². The topological polar surface area (TPSA) is 121 Å². The number of pyridine rings is 1. The second-order valence-electron chi connectivity index (χ2n) is 10.8. The van der Waals surface area contributed by atoms with Crippen LogP contribution in [0.1, 0.15) is 54.9 Å². The van der Waals surface area contributed by atoms with E-state index in [1.807, 2.05) is 78.9 Å². The summed E-state index contributed by atoms with van der Waals surface area (Å²) in [6, 6.07) is 28.9. The highest BCUT2D eigenvalue weighted by Gasteiger charge is 2.33. The molecule has 9 nitrogen and oxygen atoms in total. The largest absolute Gasteiger partial charge is 0.618 e. The fourth-order valence-electron chi connectivity index (χ4n) is 5.09. The van der Waals surface area contributed by atoms with Crippen LogP contribution in [0.15, 0.2) is 102 Å². The highest BCUT2D eigenvalue weighted by molar-refractivity contribution is 7.99. The van der Waals surface area contributed by atoms with E-state index in [9.17, 15) is 19.9 Å². The van der Waals surface area contributed by atoms with Gasteiger partial charge in [0.05, 0.1) is 18.8 Å². The zero-order chi connectivity index (χ0) is 31.8. The maximum Gasteiger partial charge on any atom is 0.303 e. The number of thioether (sulfide) groups is 1. The minimum Gasteiger partial charge on any atom is -0.618 e. The number of rotatable bonds is 11. The lowest BCUT2D eigenvalue weighted by Crippen LogP contribution is -2.35. The average Bonchev–Trinajstić information content (AvgIpc) is 3.06. The lowest BCUT2D eigenvalue weighted by Gasteiger charge is -2.36. The number of nitrogens with one attached hydrogen (secondary N) is 1. The van der Waals surface area contributed by atoms with Crippen molar-refractivity contribution in [2.75, 3.05) is 5.75 Å². The number of amides is 1. The lowest BCUT2D eigenvalue weighted by molar-refractivity contribution is -0.645. The minimum absolute atomic E-state index is 0.0309. The van der Waals surface area contributed by atoms with Crippen LogP contribution in [0.2, 0.25) is 0 Å². The molecule has 1 aliphatic heterocycles. The van der Waals surface area contributed by atoms with E-state index < -0.39 is 18.4 Å². The monoisotopic (exact) mass is 628 g/mol. The number of aliphatic hydroxyl groups is 1. The summed E-state index contributed by atoms with van der Waals surface area (Å²) < 4.78 is 18.8. The van der Waals surface area contributed by atoms with Crippen molar-refractivity contribution in [1.82, 2.24) is 5.32 Å². The minimum atomic E-state index is -0.870. The number of aliphatic hydroxyl groups excluding tert-OH is 1. The van der Waals surface area contributed by atoms with Crippen LogP contribution in [0.5, 0.6) is 0 Å². The quantitative estimate of drug-likeness (QED) is 0.0983. The third-order valence-corrected chi connectivity index (χ3v) is 8.57. The van der Waals surface area contributed by atoms with Crippen molar-refractivity contribution in [2.24, 2.45) is 0 Å². The summed E-state index contributed by atoms with van der Waals surface area (Å²) in [5, 5.41) is 25.1. The molecule has 4 aromatic rings. The van der Waals surface area contributed by atoms with Crippen molar-refractivity contribution >= 4 is 23.6 Å². The third-order valence-electron chi connectivity index (χ3n) is 7.42. The van der Waals surface area contributed by atoms with E-state index >= 15 is 0 Å². The normalized spacial score (nSPS) is 18.6. The Morgan fingerprint density at radius 3 is 2.47 bits per heavy atom. The van der Waals surface area contributed by atoms with Crippen LogP contribution < -0.4 is 10.0 Å². The van der Waals surface area contributed by atoms with Crippen molar-refractivity contribution in [3.8, 4) is 11.1 Å². The van der Waals surface area contributed by atoms with E-state index in [0.717, 1.165) is 38.1 Å². The predicted molar refractivity (Wildman–Crippen MR) is 170 cm³/mol. The van der Waals surface area contributed by atoms with Gasteiger partial charge < -0.3 is 29.8 Å². The Balaban J connectivity index is 1.34. The van der Waals surface area contributed by atoms with Crippen LogP contribution in [0.3, 0.4) is 0 Å². The summed E-state index contributed by atoms with van der Waals surface area (Å²) in [4.78, 5) is 23.5. The smallest absolute Gasteiger partial charge is 0.303 e. The maximum absolute atomic E-state index is 12.3. The first-order valence-electron chi connectivity index (χ1n) is 14.7. The van der Waals surface area contributed by atoms with Crippen LogP contribution >= 0.6 is 11.8 Å². The summed E-state index contributed by atoms with van der Waals surface area (Å²) in [6.07, 6.45) is 0.137. The molecule has 3 aromatic carbocycles. The lowest BCUT2D eigenvalue weighted by atomic mass is 9.99. The number of esters is 1. The number of carbonyl (C=O) groups excluding carboxylic acids is 2. The Hall–Kier alpha value is -4.22. The number of aromatic nitrogens is 1. The van der Waals surface area contributed by atoms with Gasteiger partial charge in [-0.05, 0) is 52.9 Å². The summed E-state index contributed by atoms with van der Waals surface area (Å²) >= 11 is 1.45. The van der Waals surface area contributed by atoms with Crippen LogP contribution in [-0.4, -0.2) is 34.9 Å². The summed E-state index contributed by atoms with van der Waals surface area (Å²) in [6.45, 7) is 3.06. The molecule has 0 bridgehead atoms. The molecule has 1 aliphatic rings. The molecule has 1 saturated heterocycles. The van der Waals surface area contributed by atoms with Gasteiger partial charge in [0.25, 0.3) is 10.9 Å². The SMILES string of the molecule is CC(=O)O[C@@H](C)C(=O)NCc1cccc(-c2cccc([C@H]3O[C@@H](CSc4cccc[n+]4[O-])C[C@@H](c4ccc(CO)cc4)O3)c2)c1. The van der Waals surface area contributed by atoms with Gasteiger partial charge in [0, 0.05) is 43.3 Å². The molecule has 5 rings (SSSR count). The highest BCUT2D eigenvalue weighted by atomic mass is 32.2. The molecule has 0 radical (unpaired) electrons. The van der Waals surface area contributed by atoms with Gasteiger partial charge >= 0.3 is 5.97 Å². The van der Waals surface area contributed by atoms with E-state index in [4.69, 9.17) is 14.2 Å². The van der Waals surface area contributed by atoms with Crippen molar-refractivity contribution < 1.29 is 33.6 Å². The molecular weight excluding hydrogens is 592 g/mol. The first kappa shape index (κ1) is 32.2. The first-order chi connectivity index (χ1) is 21.8. The second-order valence-corrected chi connectivity index (χ2v) is 11.9. The standard InChI is InChI=1S/C35H36N2O7S/c1-23(42-24(2)39)34(40)36-20-26-7-5-8-28(17-26)29-9-6-10-30(18-29)35-43-31(22-45-33-11-3-4-16-37(33)41)19-32(44-35)27-14-12-25(21-38)13-15-27/h3-18,23,31-32,35,38H,19-22H2,1-2H3,(H,36,40)/t23-,31+,32-,35-/m0/s1. The van der Waals surface area contributed by atoms with Gasteiger partial charge in [0.15, 0.2) is 18.6 Å².